The summed E-state index contributed by atoms with van der Waals surface area (Å²) in [5, 5.41) is 9.93. The molecule has 0 saturated heterocycles. The maximum Gasteiger partial charge on any atom is 0.234 e. The van der Waals surface area contributed by atoms with Crippen LogP contribution >= 0.6 is 34.7 Å². The van der Waals surface area contributed by atoms with Crippen LogP contribution in [0.25, 0.3) is 0 Å². The normalized spacial score (nSPS) is 20.0. The van der Waals surface area contributed by atoms with Gasteiger partial charge in [-0.1, -0.05) is 97.1 Å². The topological polar surface area (TPSA) is 63.2 Å². The van der Waals surface area contributed by atoms with E-state index in [1.54, 1.807) is 16.7 Å². The molecule has 0 fully saturated rings. The van der Waals surface area contributed by atoms with Crippen molar-refractivity contribution in [2.45, 2.75) is 49.1 Å². The van der Waals surface area contributed by atoms with Crippen molar-refractivity contribution in [1.29, 1.82) is 0 Å². The number of carbonyl (C=O) groups excluding carboxylic acids is 2. The van der Waals surface area contributed by atoms with Gasteiger partial charge in [0, 0.05) is 40.8 Å². The van der Waals surface area contributed by atoms with Gasteiger partial charge in [0.1, 0.15) is 0 Å². The lowest BCUT2D eigenvalue weighted by Gasteiger charge is -2.41. The molecule has 2 heterocycles. The monoisotopic (exact) mass is 509 g/mol. The highest BCUT2D eigenvalue weighted by Gasteiger charge is 2.45. The molecule has 8 heteroatoms. The molecular formula is C26H24ClN3O2S2. The molecule has 1 aromatic heterocycles. The molecule has 5 rings (SSSR count). The first-order valence-corrected chi connectivity index (χ1v) is 13.3. The first kappa shape index (κ1) is 23.3. The van der Waals surface area contributed by atoms with Crippen molar-refractivity contribution in [2.24, 2.45) is 5.41 Å². The van der Waals surface area contributed by atoms with Crippen LogP contribution in [0.15, 0.2) is 70.2 Å². The van der Waals surface area contributed by atoms with Crippen LogP contribution in [-0.4, -0.2) is 21.9 Å². The number of hydrogen-bond donors (Lipinski definition) is 0. The third kappa shape index (κ3) is 4.57. The Morgan fingerprint density at radius 1 is 1.06 bits per heavy atom. The minimum absolute atomic E-state index is 0.0445. The fourth-order valence-corrected chi connectivity index (χ4v) is 6.88. The van der Waals surface area contributed by atoms with Gasteiger partial charge in [-0.25, -0.2) is 0 Å². The van der Waals surface area contributed by atoms with E-state index in [0.29, 0.717) is 23.7 Å². The number of benzene rings is 2. The SMILES string of the molecule is CC1(C)CC(=O)C2=C(C1)N(c1nnc(SCc3ccccc3Cl)s1)C(=O)CC2c1ccccc1. The average molecular weight is 510 g/mol. The number of allylic oxidation sites excluding steroid dienone is 2. The summed E-state index contributed by atoms with van der Waals surface area (Å²) in [4.78, 5) is 28.5. The van der Waals surface area contributed by atoms with Gasteiger partial charge in [-0.2, -0.15) is 0 Å². The molecule has 34 heavy (non-hydrogen) atoms. The minimum Gasteiger partial charge on any atom is -0.294 e. The van der Waals surface area contributed by atoms with Crippen LogP contribution in [0.1, 0.15) is 50.2 Å². The zero-order chi connectivity index (χ0) is 23.9. The summed E-state index contributed by atoms with van der Waals surface area (Å²) in [5.74, 6) is 0.524. The molecule has 0 bridgehead atoms. The average Bonchev–Trinajstić information content (AvgIpc) is 3.26. The van der Waals surface area contributed by atoms with Crippen molar-refractivity contribution in [2.75, 3.05) is 4.90 Å². The molecule has 1 amide bonds. The fraction of sp³-hybridized carbons (Fsp3) is 0.308. The van der Waals surface area contributed by atoms with Crippen LogP contribution in [0.5, 0.6) is 0 Å². The predicted octanol–water partition coefficient (Wildman–Crippen LogP) is 6.65. The summed E-state index contributed by atoms with van der Waals surface area (Å²) < 4.78 is 0.761. The zero-order valence-corrected chi connectivity index (χ0v) is 21.3. The quantitative estimate of drug-likeness (QED) is 0.284. The van der Waals surface area contributed by atoms with Crippen molar-refractivity contribution >= 4 is 51.5 Å². The van der Waals surface area contributed by atoms with Gasteiger partial charge in [0.25, 0.3) is 0 Å². The smallest absolute Gasteiger partial charge is 0.234 e. The number of nitrogens with zero attached hydrogens (tertiary/aromatic N) is 3. The number of carbonyl (C=O) groups is 2. The summed E-state index contributed by atoms with van der Waals surface area (Å²) >= 11 is 9.20. The van der Waals surface area contributed by atoms with Crippen LogP contribution in [0, 0.1) is 5.41 Å². The van der Waals surface area contributed by atoms with Crippen LogP contribution in [0.4, 0.5) is 5.13 Å². The molecule has 1 aliphatic carbocycles. The Morgan fingerprint density at radius 2 is 1.79 bits per heavy atom. The molecule has 5 nitrogen and oxygen atoms in total. The van der Waals surface area contributed by atoms with Crippen molar-refractivity contribution < 1.29 is 9.59 Å². The van der Waals surface area contributed by atoms with E-state index in [-0.39, 0.29) is 29.4 Å². The van der Waals surface area contributed by atoms with Gasteiger partial charge in [-0.15, -0.1) is 10.2 Å². The summed E-state index contributed by atoms with van der Waals surface area (Å²) in [5.41, 5.74) is 3.34. The highest BCUT2D eigenvalue weighted by atomic mass is 35.5. The van der Waals surface area contributed by atoms with Crippen molar-refractivity contribution in [3.63, 3.8) is 0 Å². The van der Waals surface area contributed by atoms with E-state index in [0.717, 1.165) is 31.8 Å². The molecule has 0 spiro atoms. The van der Waals surface area contributed by atoms with Gasteiger partial charge >= 0.3 is 0 Å². The maximum absolute atomic E-state index is 13.5. The highest BCUT2D eigenvalue weighted by molar-refractivity contribution is 8.00. The molecule has 3 aromatic rings. The number of Topliss-reactive ketones (excluding diaryl/α,β-unsaturated/α-hetero) is 1. The predicted molar refractivity (Wildman–Crippen MR) is 137 cm³/mol. The Hall–Kier alpha value is -2.48. The third-order valence-electron chi connectivity index (χ3n) is 6.24. The lowest BCUT2D eigenvalue weighted by molar-refractivity contribution is -0.121. The number of anilines is 1. The molecular weight excluding hydrogens is 486 g/mol. The molecule has 0 radical (unpaired) electrons. The molecule has 1 unspecified atom stereocenters. The van der Waals surface area contributed by atoms with Crippen molar-refractivity contribution in [3.05, 3.63) is 82.0 Å². The Kier molecular flexibility index (Phi) is 6.35. The van der Waals surface area contributed by atoms with E-state index in [2.05, 4.69) is 24.0 Å². The first-order valence-electron chi connectivity index (χ1n) is 11.2. The molecule has 1 aliphatic heterocycles. The zero-order valence-electron chi connectivity index (χ0n) is 19.0. The fourth-order valence-electron chi connectivity index (χ4n) is 4.71. The second-order valence-electron chi connectivity index (χ2n) is 9.43. The van der Waals surface area contributed by atoms with Gasteiger partial charge in [0.15, 0.2) is 10.1 Å². The molecule has 0 saturated carbocycles. The number of ketones is 1. The van der Waals surface area contributed by atoms with E-state index < -0.39 is 0 Å². The number of aromatic nitrogens is 2. The van der Waals surface area contributed by atoms with E-state index in [1.165, 1.54) is 11.3 Å². The van der Waals surface area contributed by atoms with Gasteiger partial charge in [0.05, 0.1) is 0 Å². The second-order valence-corrected chi connectivity index (χ2v) is 12.0. The lowest BCUT2D eigenvalue weighted by Crippen LogP contribution is -2.43. The molecule has 2 aromatic carbocycles. The number of hydrogen-bond acceptors (Lipinski definition) is 6. The number of halogens is 1. The minimum atomic E-state index is -0.223. The van der Waals surface area contributed by atoms with Crippen LogP contribution in [-0.2, 0) is 15.3 Å². The Labute approximate surface area is 212 Å². The number of rotatable bonds is 5. The number of amides is 1. The van der Waals surface area contributed by atoms with Gasteiger partial charge < -0.3 is 0 Å². The van der Waals surface area contributed by atoms with Crippen LogP contribution < -0.4 is 4.90 Å². The molecule has 1 atom stereocenters. The maximum atomic E-state index is 13.5. The first-order chi connectivity index (χ1) is 16.3. The molecule has 0 N–H and O–H groups in total. The highest BCUT2D eigenvalue weighted by Crippen LogP contribution is 2.48. The van der Waals surface area contributed by atoms with E-state index in [4.69, 9.17) is 11.6 Å². The van der Waals surface area contributed by atoms with Crippen molar-refractivity contribution in [3.8, 4) is 0 Å². The van der Waals surface area contributed by atoms with Crippen LogP contribution in [0.2, 0.25) is 5.02 Å². The Morgan fingerprint density at radius 3 is 2.56 bits per heavy atom. The van der Waals surface area contributed by atoms with E-state index in [9.17, 15) is 9.59 Å². The van der Waals surface area contributed by atoms with Gasteiger partial charge in [0.2, 0.25) is 11.0 Å². The van der Waals surface area contributed by atoms with Gasteiger partial charge in [-0.3, -0.25) is 14.5 Å². The Balaban J connectivity index is 1.49. The summed E-state index contributed by atoms with van der Waals surface area (Å²) in [6.07, 6.45) is 1.37. The lowest BCUT2D eigenvalue weighted by atomic mass is 9.69. The molecule has 2 aliphatic rings. The van der Waals surface area contributed by atoms with E-state index in [1.807, 2.05) is 54.6 Å². The summed E-state index contributed by atoms with van der Waals surface area (Å²) in [6.45, 7) is 4.16. The largest absolute Gasteiger partial charge is 0.294 e. The third-order valence-corrected chi connectivity index (χ3v) is 8.70. The summed E-state index contributed by atoms with van der Waals surface area (Å²) in [7, 11) is 0. The number of thioether (sulfide) groups is 1. The summed E-state index contributed by atoms with van der Waals surface area (Å²) in [6, 6.07) is 17.6. The Bertz CT molecular complexity index is 1290. The standard InChI is InChI=1S/C26H24ClN3O2S2/c1-26(2)13-20-23(21(31)14-26)18(16-8-4-3-5-9-16)12-22(32)30(20)24-28-29-25(34-24)33-15-17-10-6-7-11-19(17)27/h3-11,18H,12-15H2,1-2H3. The molecule has 174 valence electrons. The van der Waals surface area contributed by atoms with Crippen LogP contribution in [0.3, 0.4) is 0 Å². The van der Waals surface area contributed by atoms with E-state index >= 15 is 0 Å². The van der Waals surface area contributed by atoms with Gasteiger partial charge in [-0.05, 0) is 29.0 Å². The second kappa shape index (κ2) is 9.29. The van der Waals surface area contributed by atoms with Crippen molar-refractivity contribution in [1.82, 2.24) is 10.2 Å².